The molecule has 0 amide bonds. The molecule has 82 valence electrons. The first-order chi connectivity index (χ1) is 6.01. The van der Waals surface area contributed by atoms with Gasteiger partial charge in [0, 0.05) is 0 Å². The molecule has 0 aromatic carbocycles. The average molecular weight is 441 g/mol. The average Bonchev–Trinajstić information content (AvgIpc) is 1.78. The first-order valence-corrected chi connectivity index (χ1v) is 10.2. The summed E-state index contributed by atoms with van der Waals surface area (Å²) in [5, 5.41) is 0. The van der Waals surface area contributed by atoms with E-state index in [1.54, 1.807) is 0 Å². The fourth-order valence-corrected chi connectivity index (χ4v) is 1.74. The molecule has 0 rings (SSSR count). The van der Waals surface area contributed by atoms with E-state index in [9.17, 15) is 22.0 Å². The molecule has 10 nitrogen and oxygen atoms in total. The van der Waals surface area contributed by atoms with Gasteiger partial charge in [-0.25, -0.2) is 0 Å². The van der Waals surface area contributed by atoms with Crippen molar-refractivity contribution in [1.29, 1.82) is 0 Å². The Labute approximate surface area is 84.7 Å². The first kappa shape index (κ1) is 13.6. The molecule has 0 aliphatic carbocycles. The summed E-state index contributed by atoms with van der Waals surface area (Å²) in [6.07, 6.45) is 0. The van der Waals surface area contributed by atoms with Gasteiger partial charge in [-0.15, -0.1) is 0 Å². The van der Waals surface area contributed by atoms with E-state index in [0.29, 0.717) is 0 Å². The molecule has 0 saturated carbocycles. The summed E-state index contributed by atoms with van der Waals surface area (Å²) < 4.78 is 61.8. The fourth-order valence-electron chi connectivity index (χ4n) is 0.259. The summed E-state index contributed by atoms with van der Waals surface area (Å²) in [6, 6.07) is 0. The minimum atomic E-state index is -6.27. The van der Waals surface area contributed by atoms with Crippen LogP contribution in [0.25, 0.3) is 0 Å². The van der Waals surface area contributed by atoms with Crippen LogP contribution >= 0.6 is 0 Å². The predicted octanol–water partition coefficient (Wildman–Crippen LogP) is -3.35. The third kappa shape index (κ3) is 7.08. The van der Waals surface area contributed by atoms with E-state index in [4.69, 9.17) is 6.94 Å². The van der Waals surface area contributed by atoms with Crippen LogP contribution in [0.1, 0.15) is 0 Å². The van der Waals surface area contributed by atoms with Crippen molar-refractivity contribution < 1.29 is 35.2 Å². The van der Waals surface area contributed by atoms with Crippen LogP contribution in [0.3, 0.4) is 0 Å². The number of carbonyl (C=O) groups excluding carboxylic acids is 2. The normalized spacial score (nSPS) is 11.9. The molecule has 2 N–H and O–H groups in total. The molecule has 0 aliphatic rings. The van der Waals surface area contributed by atoms with Crippen LogP contribution in [0.15, 0.2) is 0 Å². The van der Waals surface area contributed by atoms with Crippen molar-refractivity contribution in [2.75, 3.05) is 0 Å². The van der Waals surface area contributed by atoms with Crippen molar-refractivity contribution in [3.05, 3.63) is 0 Å². The Balaban J connectivity index is 4.53. The molecule has 0 fully saturated rings. The summed E-state index contributed by atoms with van der Waals surface area (Å²) >= 11 is -12.5. The van der Waals surface area contributed by atoms with Crippen LogP contribution in [-0.2, 0) is 28.2 Å². The van der Waals surface area contributed by atoms with Gasteiger partial charge in [0.2, 0.25) is 0 Å². The Morgan fingerprint density at radius 1 is 0.786 bits per heavy atom. The van der Waals surface area contributed by atoms with Crippen LogP contribution < -0.4 is 0 Å². The van der Waals surface area contributed by atoms with E-state index in [2.05, 4.69) is 6.20 Å². The van der Waals surface area contributed by atoms with Crippen molar-refractivity contribution in [1.82, 2.24) is 0 Å². The SMILES string of the molecule is O=C(O[Te](=O)(=O)O)C(=O)O[Te](=O)(=O)O. The molecule has 0 radical (unpaired) electrons. The zero-order chi connectivity index (χ0) is 11.6. The van der Waals surface area contributed by atoms with Crippen molar-refractivity contribution in [3.8, 4) is 0 Å². The van der Waals surface area contributed by atoms with Crippen LogP contribution in [0, 0.1) is 0 Å². The molecular weight excluding hydrogens is 439 g/mol. The molecular formula is C2H2O10Te2. The molecule has 0 atom stereocenters. The molecule has 0 bridgehead atoms. The second-order valence-electron chi connectivity index (χ2n) is 1.60. The van der Waals surface area contributed by atoms with Crippen LogP contribution in [0.2, 0.25) is 0 Å². The maximum absolute atomic E-state index is 10.3. The van der Waals surface area contributed by atoms with E-state index in [-0.39, 0.29) is 0 Å². The van der Waals surface area contributed by atoms with E-state index in [0.717, 1.165) is 0 Å². The molecule has 0 spiro atoms. The Bertz CT molecular complexity index is 393. The van der Waals surface area contributed by atoms with Gasteiger partial charge in [0.05, 0.1) is 0 Å². The summed E-state index contributed by atoms with van der Waals surface area (Å²) in [6.45, 7) is 0. The maximum atomic E-state index is 10.3. The van der Waals surface area contributed by atoms with Gasteiger partial charge in [0.25, 0.3) is 0 Å². The van der Waals surface area contributed by atoms with E-state index < -0.39 is 49.9 Å². The summed E-state index contributed by atoms with van der Waals surface area (Å²) in [4.78, 5) is 20.5. The van der Waals surface area contributed by atoms with Gasteiger partial charge in [0.1, 0.15) is 0 Å². The van der Waals surface area contributed by atoms with E-state index in [1.165, 1.54) is 0 Å². The Morgan fingerprint density at radius 3 is 1.14 bits per heavy atom. The third-order valence-electron chi connectivity index (χ3n) is 0.529. The predicted molar refractivity (Wildman–Crippen MR) is 30.9 cm³/mol. The quantitative estimate of drug-likeness (QED) is 0.327. The molecule has 12 heteroatoms. The zero-order valence-electron chi connectivity index (χ0n) is 5.98. The number of hydrogen-bond acceptors (Lipinski definition) is 8. The standard InChI is InChI=1S/C2H2O10Te2/c3-1(11-13(5,6)7)2(4)12-14(8,9)10/h(H,5,6,7)(H,8,9,10). The van der Waals surface area contributed by atoms with Crippen LogP contribution in [0.5, 0.6) is 0 Å². The van der Waals surface area contributed by atoms with Gasteiger partial charge in [0.15, 0.2) is 0 Å². The summed E-state index contributed by atoms with van der Waals surface area (Å²) in [7, 11) is 0. The van der Waals surface area contributed by atoms with E-state index >= 15 is 0 Å². The summed E-state index contributed by atoms with van der Waals surface area (Å²) in [5.74, 6) is -4.51. The topological polar surface area (TPSA) is 161 Å². The number of carbonyl (C=O) groups is 2. The van der Waals surface area contributed by atoms with Gasteiger partial charge in [-0.05, 0) is 0 Å². The third-order valence-corrected chi connectivity index (χ3v) is 2.59. The second-order valence-corrected chi connectivity index (χ2v) is 7.43. The molecule has 0 saturated heterocycles. The molecule has 0 aliphatic heterocycles. The molecule has 14 heavy (non-hydrogen) atoms. The van der Waals surface area contributed by atoms with Crippen molar-refractivity contribution in [3.63, 3.8) is 0 Å². The number of hydrogen-bond donors (Lipinski definition) is 2. The minimum absolute atomic E-state index is 2.25. The van der Waals surface area contributed by atoms with Crippen molar-refractivity contribution >= 4 is 49.9 Å². The van der Waals surface area contributed by atoms with Crippen LogP contribution in [-0.4, -0.2) is 56.8 Å². The van der Waals surface area contributed by atoms with Crippen LogP contribution in [0.4, 0.5) is 0 Å². The second kappa shape index (κ2) is 4.44. The number of rotatable bonds is 2. The monoisotopic (exact) mass is 446 g/mol. The van der Waals surface area contributed by atoms with Gasteiger partial charge in [-0.1, -0.05) is 0 Å². The van der Waals surface area contributed by atoms with E-state index in [1.807, 2.05) is 0 Å². The van der Waals surface area contributed by atoms with Gasteiger partial charge < -0.3 is 0 Å². The Hall–Kier alpha value is -0.361. The Kier molecular flexibility index (Phi) is 4.32. The van der Waals surface area contributed by atoms with Crippen molar-refractivity contribution in [2.45, 2.75) is 0 Å². The van der Waals surface area contributed by atoms with Gasteiger partial charge in [-0.3, -0.25) is 0 Å². The van der Waals surface area contributed by atoms with Gasteiger partial charge in [-0.2, -0.15) is 0 Å². The summed E-state index contributed by atoms with van der Waals surface area (Å²) in [5.41, 5.74) is 0. The Morgan fingerprint density at radius 2 is 1.00 bits per heavy atom. The molecule has 0 aromatic rings. The molecule has 0 unspecified atom stereocenters. The zero-order valence-corrected chi connectivity index (χ0v) is 10.6. The molecule has 0 heterocycles. The first-order valence-electron chi connectivity index (χ1n) is 2.43. The fraction of sp³-hybridized carbons (Fsp3) is 0. The molecule has 0 aromatic heterocycles. The van der Waals surface area contributed by atoms with Gasteiger partial charge >= 0.3 is 85.0 Å². The van der Waals surface area contributed by atoms with Crippen molar-refractivity contribution in [2.24, 2.45) is 0 Å².